The van der Waals surface area contributed by atoms with Crippen LogP contribution >= 0.6 is 11.3 Å². The number of carbonyl (C=O) groups excluding carboxylic acids is 1. The fourth-order valence-electron chi connectivity index (χ4n) is 2.95. The van der Waals surface area contributed by atoms with Crippen LogP contribution in [0.25, 0.3) is 0 Å². The number of carbonyl (C=O) groups is 1. The highest BCUT2D eigenvalue weighted by Gasteiger charge is 2.31. The predicted molar refractivity (Wildman–Crippen MR) is 89.9 cm³/mol. The van der Waals surface area contributed by atoms with Crippen LogP contribution in [0.1, 0.15) is 39.8 Å². The minimum atomic E-state index is -4.47. The molecule has 1 aliphatic rings. The molecule has 2 heterocycles. The third-order valence-corrected chi connectivity index (χ3v) is 5.19. The molecule has 2 aromatic rings. The molecule has 0 spiro atoms. The fourth-order valence-corrected chi connectivity index (χ4v) is 4.03. The van der Waals surface area contributed by atoms with Crippen LogP contribution in [0.15, 0.2) is 24.3 Å². The maximum atomic E-state index is 12.8. The number of quaternary nitrogens is 1. The van der Waals surface area contributed by atoms with Crippen LogP contribution < -0.4 is 10.2 Å². The van der Waals surface area contributed by atoms with Gasteiger partial charge in [-0.1, -0.05) is 24.3 Å². The first-order valence-corrected chi connectivity index (χ1v) is 8.99. The lowest BCUT2D eigenvalue weighted by Gasteiger charge is -2.22. The maximum absolute atomic E-state index is 12.8. The van der Waals surface area contributed by atoms with Crippen molar-refractivity contribution in [2.75, 3.05) is 18.4 Å². The number of aromatic nitrogens is 1. The number of halogens is 3. The number of nitrogens with zero attached hydrogens (tertiary/aromatic N) is 1. The van der Waals surface area contributed by atoms with E-state index in [-0.39, 0.29) is 5.56 Å². The number of amides is 1. The van der Waals surface area contributed by atoms with E-state index in [1.165, 1.54) is 28.4 Å². The minimum Gasteiger partial charge on any atom is -0.330 e. The topological polar surface area (TPSA) is 46.4 Å². The Morgan fingerprint density at radius 3 is 2.92 bits per heavy atom. The molecule has 2 N–H and O–H groups in total. The normalized spacial score (nSPS) is 17.2. The lowest BCUT2D eigenvalue weighted by molar-refractivity contribution is -0.915. The molecule has 3 rings (SSSR count). The van der Waals surface area contributed by atoms with Gasteiger partial charge in [0, 0.05) is 12.0 Å². The molecule has 1 aromatic carbocycles. The monoisotopic (exact) mass is 370 g/mol. The second-order valence-electron chi connectivity index (χ2n) is 6.10. The molecule has 1 amide bonds. The Morgan fingerprint density at radius 1 is 1.40 bits per heavy atom. The van der Waals surface area contributed by atoms with E-state index in [1.54, 1.807) is 0 Å². The molecule has 0 saturated carbocycles. The van der Waals surface area contributed by atoms with Gasteiger partial charge in [-0.15, -0.1) is 0 Å². The van der Waals surface area contributed by atoms with Crippen LogP contribution in [0.4, 0.5) is 18.3 Å². The Hall–Kier alpha value is -1.93. The Morgan fingerprint density at radius 2 is 2.20 bits per heavy atom. The number of thiazole rings is 1. The highest BCUT2D eigenvalue weighted by Crippen LogP contribution is 2.30. The van der Waals surface area contributed by atoms with Gasteiger partial charge >= 0.3 is 6.18 Å². The first-order chi connectivity index (χ1) is 11.9. The van der Waals surface area contributed by atoms with E-state index in [0.29, 0.717) is 5.13 Å². The third-order valence-electron chi connectivity index (χ3n) is 4.18. The first kappa shape index (κ1) is 17.9. The van der Waals surface area contributed by atoms with E-state index in [2.05, 4.69) is 17.2 Å². The van der Waals surface area contributed by atoms with Gasteiger partial charge in [0.15, 0.2) is 5.13 Å². The summed E-state index contributed by atoms with van der Waals surface area (Å²) in [7, 11) is 0. The number of benzene rings is 1. The summed E-state index contributed by atoms with van der Waals surface area (Å²) in [6.07, 6.45) is -2.49. The molecular weight excluding hydrogens is 351 g/mol. The quantitative estimate of drug-likeness (QED) is 0.869. The lowest BCUT2D eigenvalue weighted by atomic mass is 10.1. The summed E-state index contributed by atoms with van der Waals surface area (Å²) < 4.78 is 38.3. The highest BCUT2D eigenvalue weighted by molar-refractivity contribution is 7.15. The summed E-state index contributed by atoms with van der Waals surface area (Å²) in [4.78, 5) is 19.3. The standard InChI is InChI=1S/C17H18F3N3OS/c1-2-7-23-8-6-13-14(10-23)25-16(21-13)22-15(24)11-4-3-5-12(9-11)17(18,19)20/h3-5,9H,2,6-8,10H2,1H3,(H,21,22,24)/p+1. The number of hydrogen-bond acceptors (Lipinski definition) is 3. The van der Waals surface area contributed by atoms with Gasteiger partial charge in [-0.2, -0.15) is 13.2 Å². The van der Waals surface area contributed by atoms with Crippen LogP contribution in [-0.2, 0) is 19.1 Å². The second-order valence-corrected chi connectivity index (χ2v) is 7.18. The van der Waals surface area contributed by atoms with Gasteiger partial charge in [-0.05, 0) is 24.6 Å². The summed E-state index contributed by atoms with van der Waals surface area (Å²) in [5.41, 5.74) is 0.128. The molecule has 1 aliphatic heterocycles. The van der Waals surface area contributed by atoms with Crippen LogP contribution in [-0.4, -0.2) is 24.0 Å². The van der Waals surface area contributed by atoms with E-state index < -0.39 is 17.6 Å². The number of rotatable bonds is 4. The van der Waals surface area contributed by atoms with Crippen LogP contribution in [0.2, 0.25) is 0 Å². The van der Waals surface area contributed by atoms with Gasteiger partial charge in [-0.3, -0.25) is 10.1 Å². The molecule has 0 bridgehead atoms. The largest absolute Gasteiger partial charge is 0.416 e. The van der Waals surface area contributed by atoms with Crippen molar-refractivity contribution in [3.8, 4) is 0 Å². The predicted octanol–water partition coefficient (Wildman–Crippen LogP) is 2.77. The molecule has 1 aromatic heterocycles. The van der Waals surface area contributed by atoms with E-state index in [1.807, 2.05) is 0 Å². The molecule has 1 unspecified atom stereocenters. The third kappa shape index (κ3) is 4.19. The smallest absolute Gasteiger partial charge is 0.330 e. The van der Waals surface area contributed by atoms with Crippen LogP contribution in [0.3, 0.4) is 0 Å². The van der Waals surface area contributed by atoms with Crippen molar-refractivity contribution in [2.45, 2.75) is 32.5 Å². The molecule has 8 heteroatoms. The van der Waals surface area contributed by atoms with E-state index >= 15 is 0 Å². The summed E-state index contributed by atoms with van der Waals surface area (Å²) in [6, 6.07) is 4.40. The number of fused-ring (bicyclic) bond motifs is 1. The zero-order chi connectivity index (χ0) is 18.0. The zero-order valence-corrected chi connectivity index (χ0v) is 14.6. The Labute approximate surface area is 147 Å². The molecule has 4 nitrogen and oxygen atoms in total. The lowest BCUT2D eigenvalue weighted by Crippen LogP contribution is -3.11. The van der Waals surface area contributed by atoms with Crippen molar-refractivity contribution in [2.24, 2.45) is 0 Å². The fraction of sp³-hybridized carbons (Fsp3) is 0.412. The Balaban J connectivity index is 1.72. The average Bonchev–Trinajstić information content (AvgIpc) is 2.96. The van der Waals surface area contributed by atoms with E-state index in [4.69, 9.17) is 0 Å². The SMILES string of the molecule is CCC[NH+]1CCc2nc(NC(=O)c3cccc(C(F)(F)F)c3)sc2C1. The molecular formula is C17H19F3N3OS+. The van der Waals surface area contributed by atoms with Crippen molar-refractivity contribution < 1.29 is 22.9 Å². The Kier molecular flexibility index (Phi) is 5.10. The average molecular weight is 370 g/mol. The summed E-state index contributed by atoms with van der Waals surface area (Å²) >= 11 is 1.41. The first-order valence-electron chi connectivity index (χ1n) is 8.17. The van der Waals surface area contributed by atoms with Crippen LogP contribution in [0.5, 0.6) is 0 Å². The maximum Gasteiger partial charge on any atom is 0.416 e. The summed E-state index contributed by atoms with van der Waals surface area (Å²) in [6.45, 7) is 5.16. The molecule has 0 radical (unpaired) electrons. The van der Waals surface area contributed by atoms with Crippen molar-refractivity contribution in [1.29, 1.82) is 0 Å². The van der Waals surface area contributed by atoms with Crippen molar-refractivity contribution in [3.63, 3.8) is 0 Å². The molecule has 0 saturated heterocycles. The van der Waals surface area contributed by atoms with Gasteiger partial charge in [-0.25, -0.2) is 4.98 Å². The highest BCUT2D eigenvalue weighted by atomic mass is 32.1. The molecule has 1 atom stereocenters. The van der Waals surface area contributed by atoms with Gasteiger partial charge in [0.2, 0.25) is 0 Å². The van der Waals surface area contributed by atoms with Gasteiger partial charge < -0.3 is 4.90 Å². The van der Waals surface area contributed by atoms with Crippen molar-refractivity contribution in [3.05, 3.63) is 46.0 Å². The molecule has 0 aliphatic carbocycles. The number of hydrogen-bond donors (Lipinski definition) is 2. The molecule has 134 valence electrons. The van der Waals surface area contributed by atoms with Crippen LogP contribution in [0, 0.1) is 0 Å². The minimum absolute atomic E-state index is 0.0266. The van der Waals surface area contributed by atoms with Crippen molar-refractivity contribution >= 4 is 22.4 Å². The number of anilines is 1. The van der Waals surface area contributed by atoms with E-state index in [0.717, 1.165) is 55.2 Å². The number of nitrogens with one attached hydrogen (secondary N) is 2. The number of alkyl halides is 3. The van der Waals surface area contributed by atoms with Gasteiger partial charge in [0.05, 0.1) is 29.2 Å². The van der Waals surface area contributed by atoms with Crippen molar-refractivity contribution in [1.82, 2.24) is 4.98 Å². The summed E-state index contributed by atoms with van der Waals surface area (Å²) in [5, 5.41) is 3.08. The van der Waals surface area contributed by atoms with Gasteiger partial charge in [0.1, 0.15) is 6.54 Å². The molecule has 25 heavy (non-hydrogen) atoms. The summed E-state index contributed by atoms with van der Waals surface area (Å²) in [5.74, 6) is -0.574. The Bertz CT molecular complexity index is 773. The second kappa shape index (κ2) is 7.13. The van der Waals surface area contributed by atoms with E-state index in [9.17, 15) is 18.0 Å². The molecule has 0 fully saturated rings. The zero-order valence-electron chi connectivity index (χ0n) is 13.7. The van der Waals surface area contributed by atoms with Gasteiger partial charge in [0.25, 0.3) is 5.91 Å².